The van der Waals surface area contributed by atoms with Crippen LogP contribution >= 0.6 is 0 Å². The number of rotatable bonds is 5. The Bertz CT molecular complexity index is 316. The number of nitrogens with one attached hydrogen (secondary N) is 1. The topological polar surface area (TPSA) is 67.6 Å². The van der Waals surface area contributed by atoms with Crippen LogP contribution in [0.15, 0.2) is 0 Å². The molecule has 112 valence electrons. The lowest BCUT2D eigenvalue weighted by atomic mass is 10.2. The molecule has 0 aromatic rings. The molecule has 1 aliphatic rings. The summed E-state index contributed by atoms with van der Waals surface area (Å²) in [5.74, 6) is -0.250. The molecule has 1 rings (SSSR count). The number of nitrogens with two attached hydrogens (primary N) is 1. The first-order valence-corrected chi connectivity index (χ1v) is 9.94. The number of carbonyl (C=O) groups is 1. The minimum atomic E-state index is -1.70. The second-order valence-corrected chi connectivity index (χ2v) is 11.6. The highest BCUT2D eigenvalue weighted by molar-refractivity contribution is 6.74. The largest absolute Gasteiger partial charge is 0.416 e. The number of carbonyl (C=O) groups excluding carboxylic acids is 1. The van der Waals surface area contributed by atoms with Crippen LogP contribution in [0.1, 0.15) is 20.8 Å². The zero-order valence-electron chi connectivity index (χ0n) is 13.0. The summed E-state index contributed by atoms with van der Waals surface area (Å²) < 4.78 is 6.15. The monoisotopic (exact) mass is 287 g/mol. The van der Waals surface area contributed by atoms with E-state index in [1.807, 2.05) is 0 Å². The van der Waals surface area contributed by atoms with E-state index in [9.17, 15) is 4.79 Å². The Hall–Kier alpha value is -0.433. The molecule has 1 amide bonds. The zero-order valence-corrected chi connectivity index (χ0v) is 14.0. The lowest BCUT2D eigenvalue weighted by Gasteiger charge is -2.38. The summed E-state index contributed by atoms with van der Waals surface area (Å²) >= 11 is 0. The van der Waals surface area contributed by atoms with Gasteiger partial charge < -0.3 is 15.5 Å². The molecule has 1 atom stereocenters. The van der Waals surface area contributed by atoms with Gasteiger partial charge in [0, 0.05) is 32.8 Å². The van der Waals surface area contributed by atoms with Gasteiger partial charge in [-0.3, -0.25) is 9.69 Å². The third-order valence-corrected chi connectivity index (χ3v) is 8.87. The van der Waals surface area contributed by atoms with Crippen LogP contribution in [-0.2, 0) is 9.22 Å². The number of amides is 1. The van der Waals surface area contributed by atoms with E-state index in [1.54, 1.807) is 0 Å². The number of hydrogen-bond acceptors (Lipinski definition) is 4. The molecular formula is C13H29N3O2Si. The summed E-state index contributed by atoms with van der Waals surface area (Å²) in [6.45, 7) is 15.1. The summed E-state index contributed by atoms with van der Waals surface area (Å²) in [6, 6.07) is -0.197. The fourth-order valence-electron chi connectivity index (χ4n) is 1.93. The van der Waals surface area contributed by atoms with Crippen molar-refractivity contribution in [1.82, 2.24) is 10.2 Å². The van der Waals surface area contributed by atoms with Crippen molar-refractivity contribution in [3.63, 3.8) is 0 Å². The van der Waals surface area contributed by atoms with Crippen LogP contribution in [0.3, 0.4) is 0 Å². The van der Waals surface area contributed by atoms with Crippen molar-refractivity contribution >= 4 is 14.2 Å². The van der Waals surface area contributed by atoms with Crippen LogP contribution in [0.25, 0.3) is 0 Å². The Morgan fingerprint density at radius 3 is 2.63 bits per heavy atom. The molecule has 0 saturated carbocycles. The quantitative estimate of drug-likeness (QED) is 0.733. The van der Waals surface area contributed by atoms with Crippen molar-refractivity contribution in [2.75, 3.05) is 32.8 Å². The highest BCUT2D eigenvalue weighted by atomic mass is 28.4. The van der Waals surface area contributed by atoms with Gasteiger partial charge in [0.1, 0.15) is 6.04 Å². The predicted molar refractivity (Wildman–Crippen MR) is 80.6 cm³/mol. The summed E-state index contributed by atoms with van der Waals surface area (Å²) in [5, 5.41) is 3.42. The minimum Gasteiger partial charge on any atom is -0.416 e. The van der Waals surface area contributed by atoms with E-state index in [2.05, 4.69) is 44.1 Å². The van der Waals surface area contributed by atoms with Crippen molar-refractivity contribution in [2.24, 2.45) is 5.73 Å². The third kappa shape index (κ3) is 4.56. The van der Waals surface area contributed by atoms with E-state index in [4.69, 9.17) is 10.2 Å². The average molecular weight is 287 g/mol. The number of piperazine rings is 1. The van der Waals surface area contributed by atoms with Crippen LogP contribution in [0.5, 0.6) is 0 Å². The Morgan fingerprint density at radius 1 is 1.47 bits per heavy atom. The maximum atomic E-state index is 11.4. The number of primary amides is 1. The molecule has 1 saturated heterocycles. The SMILES string of the molecule is CC(C)(C)[Si](C)(C)OCCN1CCNCC1C(N)=O. The number of hydrogen-bond donors (Lipinski definition) is 2. The van der Waals surface area contributed by atoms with E-state index in [1.165, 1.54) is 0 Å². The summed E-state index contributed by atoms with van der Waals surface area (Å²) in [6.07, 6.45) is 0. The van der Waals surface area contributed by atoms with E-state index >= 15 is 0 Å². The summed E-state index contributed by atoms with van der Waals surface area (Å²) in [4.78, 5) is 13.5. The predicted octanol–water partition coefficient (Wildman–Crippen LogP) is 0.767. The van der Waals surface area contributed by atoms with Gasteiger partial charge in [-0.2, -0.15) is 0 Å². The van der Waals surface area contributed by atoms with Crippen molar-refractivity contribution in [1.29, 1.82) is 0 Å². The van der Waals surface area contributed by atoms with Crippen LogP contribution in [0, 0.1) is 0 Å². The van der Waals surface area contributed by atoms with E-state index < -0.39 is 8.32 Å². The first-order valence-electron chi connectivity index (χ1n) is 7.03. The van der Waals surface area contributed by atoms with Gasteiger partial charge in [-0.1, -0.05) is 20.8 Å². The number of nitrogens with zero attached hydrogens (tertiary/aromatic N) is 1. The molecule has 0 radical (unpaired) electrons. The maximum Gasteiger partial charge on any atom is 0.236 e. The lowest BCUT2D eigenvalue weighted by Crippen LogP contribution is -2.57. The van der Waals surface area contributed by atoms with Crippen molar-refractivity contribution < 1.29 is 9.22 Å². The van der Waals surface area contributed by atoms with Crippen LogP contribution in [0.4, 0.5) is 0 Å². The summed E-state index contributed by atoms with van der Waals surface area (Å²) in [7, 11) is -1.70. The second kappa shape index (κ2) is 6.34. The normalized spacial score (nSPS) is 22.5. The Labute approximate surface area is 118 Å². The highest BCUT2D eigenvalue weighted by Gasteiger charge is 2.37. The zero-order chi connectivity index (χ0) is 14.7. The molecule has 19 heavy (non-hydrogen) atoms. The van der Waals surface area contributed by atoms with E-state index in [0.717, 1.165) is 19.6 Å². The fraction of sp³-hybridized carbons (Fsp3) is 0.923. The Balaban J connectivity index is 2.45. The van der Waals surface area contributed by atoms with Gasteiger partial charge in [-0.15, -0.1) is 0 Å². The molecule has 0 bridgehead atoms. The van der Waals surface area contributed by atoms with Crippen molar-refractivity contribution in [3.05, 3.63) is 0 Å². The molecule has 6 heteroatoms. The highest BCUT2D eigenvalue weighted by Crippen LogP contribution is 2.36. The molecule has 0 spiro atoms. The maximum absolute atomic E-state index is 11.4. The van der Waals surface area contributed by atoms with Gasteiger partial charge in [0.25, 0.3) is 0 Å². The van der Waals surface area contributed by atoms with Crippen LogP contribution < -0.4 is 11.1 Å². The van der Waals surface area contributed by atoms with Crippen molar-refractivity contribution in [3.8, 4) is 0 Å². The van der Waals surface area contributed by atoms with Gasteiger partial charge in [0.15, 0.2) is 8.32 Å². The van der Waals surface area contributed by atoms with Gasteiger partial charge in [-0.05, 0) is 18.1 Å². The first-order chi connectivity index (χ1) is 8.65. The molecule has 5 nitrogen and oxygen atoms in total. The molecule has 0 aromatic heterocycles. The molecule has 0 aliphatic carbocycles. The van der Waals surface area contributed by atoms with Gasteiger partial charge >= 0.3 is 0 Å². The Morgan fingerprint density at radius 2 is 2.11 bits per heavy atom. The first kappa shape index (κ1) is 16.6. The second-order valence-electron chi connectivity index (χ2n) is 6.77. The van der Waals surface area contributed by atoms with Crippen molar-refractivity contribution in [2.45, 2.75) is 44.9 Å². The average Bonchev–Trinajstić information content (AvgIpc) is 2.27. The third-order valence-electron chi connectivity index (χ3n) is 4.33. The van der Waals surface area contributed by atoms with Gasteiger partial charge in [0.2, 0.25) is 5.91 Å². The van der Waals surface area contributed by atoms with Crippen LogP contribution in [-0.4, -0.2) is 58.0 Å². The van der Waals surface area contributed by atoms with Gasteiger partial charge in [-0.25, -0.2) is 0 Å². The lowest BCUT2D eigenvalue weighted by molar-refractivity contribution is -0.123. The van der Waals surface area contributed by atoms with E-state index in [-0.39, 0.29) is 17.0 Å². The smallest absolute Gasteiger partial charge is 0.236 e. The van der Waals surface area contributed by atoms with Crippen LogP contribution in [0.2, 0.25) is 18.1 Å². The molecule has 1 heterocycles. The molecular weight excluding hydrogens is 258 g/mol. The molecule has 1 aliphatic heterocycles. The molecule has 0 aromatic carbocycles. The van der Waals surface area contributed by atoms with E-state index in [0.29, 0.717) is 13.2 Å². The minimum absolute atomic E-state index is 0.197. The standard InChI is InChI=1S/C13H29N3O2Si/c1-13(2,3)19(4,5)18-9-8-16-7-6-15-10-11(16)12(14)17/h11,15H,6-10H2,1-5H3,(H2,14,17). The Kier molecular flexibility index (Phi) is 5.55. The fourth-order valence-corrected chi connectivity index (χ4v) is 2.96. The molecule has 1 unspecified atom stereocenters. The molecule has 1 fully saturated rings. The summed E-state index contributed by atoms with van der Waals surface area (Å²) in [5.41, 5.74) is 5.43. The van der Waals surface area contributed by atoms with Gasteiger partial charge in [0.05, 0.1) is 0 Å². The molecule has 3 N–H and O–H groups in total.